The Hall–Kier alpha value is -2.41. The molecule has 1 aromatic carbocycles. The number of benzene rings is 1. The van der Waals surface area contributed by atoms with Crippen LogP contribution in [0.2, 0.25) is 0 Å². The van der Waals surface area contributed by atoms with Crippen molar-refractivity contribution in [3.8, 4) is 11.3 Å². The Morgan fingerprint density at radius 1 is 1.21 bits per heavy atom. The lowest BCUT2D eigenvalue weighted by atomic mass is 10.0. The Morgan fingerprint density at radius 3 is 2.67 bits per heavy atom. The molecule has 7 heteroatoms. The second-order valence-corrected chi connectivity index (χ2v) is 6.86. The van der Waals surface area contributed by atoms with E-state index >= 15 is 0 Å². The van der Waals surface area contributed by atoms with E-state index in [4.69, 9.17) is 5.73 Å². The lowest BCUT2D eigenvalue weighted by Gasteiger charge is -2.21. The number of thioether (sulfide) groups is 1. The fraction of sp³-hybridized carbons (Fsp3) is 0.294. The number of rotatable bonds is 3. The number of primary amides is 1. The van der Waals surface area contributed by atoms with Crippen LogP contribution in [-0.4, -0.2) is 44.4 Å². The fourth-order valence-corrected chi connectivity index (χ4v) is 3.71. The maximum absolute atomic E-state index is 12.9. The molecule has 0 saturated carbocycles. The molecule has 2 heterocycles. The van der Waals surface area contributed by atoms with E-state index in [-0.39, 0.29) is 11.6 Å². The van der Waals surface area contributed by atoms with Crippen molar-refractivity contribution in [1.82, 2.24) is 14.9 Å². The molecule has 1 atom stereocenters. The highest BCUT2D eigenvalue weighted by Crippen LogP contribution is 2.28. The maximum Gasteiger partial charge on any atom is 0.276 e. The molecule has 0 aliphatic carbocycles. The van der Waals surface area contributed by atoms with Gasteiger partial charge in [-0.2, -0.15) is 0 Å². The molecule has 1 saturated heterocycles. The minimum Gasteiger partial charge on any atom is -0.367 e. The molecular weight excluding hydrogens is 324 g/mol. The van der Waals surface area contributed by atoms with Crippen molar-refractivity contribution in [2.45, 2.75) is 19.2 Å². The predicted octanol–water partition coefficient (Wildman–Crippen LogP) is 1.76. The first-order valence-electron chi connectivity index (χ1n) is 7.59. The normalized spacial score (nSPS) is 17.1. The molecule has 1 unspecified atom stereocenters. The summed E-state index contributed by atoms with van der Waals surface area (Å²) >= 11 is 1.37. The highest BCUT2D eigenvalue weighted by molar-refractivity contribution is 8.00. The van der Waals surface area contributed by atoms with Gasteiger partial charge in [-0.1, -0.05) is 12.1 Å². The largest absolute Gasteiger partial charge is 0.367 e. The van der Waals surface area contributed by atoms with Gasteiger partial charge in [-0.05, 0) is 31.0 Å². The van der Waals surface area contributed by atoms with E-state index in [1.807, 2.05) is 32.0 Å². The zero-order chi connectivity index (χ0) is 17.3. The molecule has 2 amide bonds. The first kappa shape index (κ1) is 16.4. The fourth-order valence-electron chi connectivity index (χ4n) is 2.64. The van der Waals surface area contributed by atoms with Crippen LogP contribution in [0.3, 0.4) is 0 Å². The van der Waals surface area contributed by atoms with E-state index in [0.29, 0.717) is 18.0 Å². The lowest BCUT2D eigenvalue weighted by Crippen LogP contribution is -2.43. The predicted molar refractivity (Wildman–Crippen MR) is 93.4 cm³/mol. The number of nitrogens with zero attached hydrogens (tertiary/aromatic N) is 3. The van der Waals surface area contributed by atoms with Gasteiger partial charge in [0.25, 0.3) is 11.8 Å². The third-order valence-corrected chi connectivity index (χ3v) is 5.30. The Balaban J connectivity index is 2.01. The minimum absolute atomic E-state index is 0.245. The van der Waals surface area contributed by atoms with Crippen LogP contribution in [0.15, 0.2) is 30.6 Å². The van der Waals surface area contributed by atoms with Crippen LogP contribution in [0.5, 0.6) is 0 Å². The lowest BCUT2D eigenvalue weighted by molar-refractivity contribution is -0.119. The average Bonchev–Trinajstić information content (AvgIpc) is 3.07. The molecule has 3 rings (SSSR count). The molecule has 2 aromatic rings. The molecule has 0 spiro atoms. The van der Waals surface area contributed by atoms with Crippen LogP contribution < -0.4 is 5.73 Å². The number of aryl methyl sites for hydroxylation is 2. The van der Waals surface area contributed by atoms with Gasteiger partial charge in [0.15, 0.2) is 11.1 Å². The quantitative estimate of drug-likeness (QED) is 0.918. The number of aromatic nitrogens is 2. The molecule has 1 aliphatic rings. The Labute approximate surface area is 144 Å². The standard InChI is InChI=1S/C17H18N4O2S/c1-10-3-4-12(9-11(10)2)13-14(20-6-5-19-13)16(23)21-7-8-24-17(21)15(18)22/h3-6,9,17H,7-8H2,1-2H3,(H2,18,22). The third-order valence-electron chi connectivity index (χ3n) is 4.08. The van der Waals surface area contributed by atoms with E-state index in [1.165, 1.54) is 28.4 Å². The van der Waals surface area contributed by atoms with Crippen molar-refractivity contribution in [2.24, 2.45) is 5.73 Å². The van der Waals surface area contributed by atoms with E-state index in [0.717, 1.165) is 11.1 Å². The van der Waals surface area contributed by atoms with Crippen LogP contribution in [0.1, 0.15) is 21.6 Å². The second kappa shape index (κ2) is 6.60. The Kier molecular flexibility index (Phi) is 4.53. The number of hydrogen-bond acceptors (Lipinski definition) is 5. The summed E-state index contributed by atoms with van der Waals surface area (Å²) in [6.07, 6.45) is 3.05. The number of amides is 2. The SMILES string of the molecule is Cc1ccc(-c2nccnc2C(=O)N2CCSC2C(N)=O)cc1C. The number of carbonyl (C=O) groups excluding carboxylic acids is 2. The molecule has 6 nitrogen and oxygen atoms in total. The second-order valence-electron chi connectivity index (χ2n) is 5.68. The van der Waals surface area contributed by atoms with Gasteiger partial charge in [0.1, 0.15) is 5.69 Å². The first-order valence-corrected chi connectivity index (χ1v) is 8.64. The zero-order valence-corrected chi connectivity index (χ0v) is 14.3. The van der Waals surface area contributed by atoms with Crippen LogP contribution in [0, 0.1) is 13.8 Å². The summed E-state index contributed by atoms with van der Waals surface area (Å²) in [5.74, 6) is -0.147. The van der Waals surface area contributed by atoms with E-state index < -0.39 is 11.3 Å². The van der Waals surface area contributed by atoms with Crippen molar-refractivity contribution in [3.05, 3.63) is 47.4 Å². The molecule has 1 fully saturated rings. The van der Waals surface area contributed by atoms with Crippen molar-refractivity contribution < 1.29 is 9.59 Å². The van der Waals surface area contributed by atoms with E-state index in [1.54, 1.807) is 6.20 Å². The Bertz CT molecular complexity index is 809. The maximum atomic E-state index is 12.9. The van der Waals surface area contributed by atoms with Crippen LogP contribution in [-0.2, 0) is 4.79 Å². The summed E-state index contributed by atoms with van der Waals surface area (Å²) in [5, 5.41) is -0.646. The van der Waals surface area contributed by atoms with Gasteiger partial charge >= 0.3 is 0 Å². The number of hydrogen-bond donors (Lipinski definition) is 1. The van der Waals surface area contributed by atoms with Gasteiger partial charge in [0.2, 0.25) is 0 Å². The summed E-state index contributed by atoms with van der Waals surface area (Å²) in [4.78, 5) is 34.5. The molecule has 0 bridgehead atoms. The van der Waals surface area contributed by atoms with Crippen LogP contribution in [0.25, 0.3) is 11.3 Å². The van der Waals surface area contributed by atoms with Crippen LogP contribution in [0.4, 0.5) is 0 Å². The molecule has 2 N–H and O–H groups in total. The molecule has 24 heavy (non-hydrogen) atoms. The molecule has 0 radical (unpaired) electrons. The molecule has 1 aliphatic heterocycles. The monoisotopic (exact) mass is 342 g/mol. The highest BCUT2D eigenvalue weighted by Gasteiger charge is 2.35. The summed E-state index contributed by atoms with van der Waals surface area (Å²) in [7, 11) is 0. The minimum atomic E-state index is -0.646. The van der Waals surface area contributed by atoms with Gasteiger partial charge in [-0.15, -0.1) is 11.8 Å². The van der Waals surface area contributed by atoms with Crippen molar-refractivity contribution in [1.29, 1.82) is 0 Å². The highest BCUT2D eigenvalue weighted by atomic mass is 32.2. The van der Waals surface area contributed by atoms with E-state index in [2.05, 4.69) is 9.97 Å². The topological polar surface area (TPSA) is 89.2 Å². The van der Waals surface area contributed by atoms with Gasteiger partial charge in [-0.3, -0.25) is 14.6 Å². The summed E-state index contributed by atoms with van der Waals surface area (Å²) in [6.45, 7) is 4.51. The van der Waals surface area contributed by atoms with Gasteiger partial charge < -0.3 is 10.6 Å². The van der Waals surface area contributed by atoms with Crippen molar-refractivity contribution in [2.75, 3.05) is 12.3 Å². The van der Waals surface area contributed by atoms with Gasteiger partial charge in [0.05, 0.1) is 0 Å². The summed E-state index contributed by atoms with van der Waals surface area (Å²) in [6, 6.07) is 5.90. The number of nitrogens with two attached hydrogens (primary N) is 1. The van der Waals surface area contributed by atoms with Crippen molar-refractivity contribution in [3.63, 3.8) is 0 Å². The zero-order valence-electron chi connectivity index (χ0n) is 13.5. The van der Waals surface area contributed by atoms with Crippen LogP contribution >= 0.6 is 11.8 Å². The van der Waals surface area contributed by atoms with Gasteiger partial charge in [-0.25, -0.2) is 4.98 Å². The third kappa shape index (κ3) is 2.99. The molecule has 124 valence electrons. The smallest absolute Gasteiger partial charge is 0.276 e. The molecular formula is C17H18N4O2S. The Morgan fingerprint density at radius 2 is 1.96 bits per heavy atom. The summed E-state index contributed by atoms with van der Waals surface area (Å²) < 4.78 is 0. The van der Waals surface area contributed by atoms with E-state index in [9.17, 15) is 9.59 Å². The average molecular weight is 342 g/mol. The summed E-state index contributed by atoms with van der Waals surface area (Å²) in [5.41, 5.74) is 9.28. The molecule has 1 aromatic heterocycles. The number of carbonyl (C=O) groups is 2. The van der Waals surface area contributed by atoms with Crippen molar-refractivity contribution >= 4 is 23.6 Å². The van der Waals surface area contributed by atoms with Gasteiger partial charge in [0, 0.05) is 30.3 Å². The first-order chi connectivity index (χ1) is 11.5.